The molecule has 3 heteroatoms. The van der Waals surface area contributed by atoms with E-state index in [4.69, 9.17) is 4.74 Å². The summed E-state index contributed by atoms with van der Waals surface area (Å²) >= 11 is 0. The van der Waals surface area contributed by atoms with E-state index in [1.165, 1.54) is 18.1 Å². The average molecular weight is 205 g/mol. The highest BCUT2D eigenvalue weighted by atomic mass is 16.5. The summed E-state index contributed by atoms with van der Waals surface area (Å²) in [7, 11) is 0. The number of fused-ring (bicyclic) bond motifs is 1. The second-order valence-corrected chi connectivity index (χ2v) is 4.02. The maximum atomic E-state index is 10.9. The molecule has 3 nitrogen and oxygen atoms in total. The van der Waals surface area contributed by atoms with Crippen molar-refractivity contribution in [1.29, 1.82) is 0 Å². The molecule has 1 aliphatic rings. The Bertz CT molecular complexity index is 387. The molecule has 1 N–H and O–H groups in total. The number of aryl methyl sites for hydroxylation is 1. The predicted octanol–water partition coefficient (Wildman–Crippen LogP) is 1.43. The molecular formula is C12H15NO2. The van der Waals surface area contributed by atoms with Crippen molar-refractivity contribution >= 4 is 5.91 Å². The molecule has 1 atom stereocenters. The van der Waals surface area contributed by atoms with Crippen molar-refractivity contribution in [2.45, 2.75) is 26.3 Å². The first-order valence-electron chi connectivity index (χ1n) is 5.14. The molecule has 0 saturated carbocycles. The van der Waals surface area contributed by atoms with Crippen LogP contribution in [0, 0.1) is 6.92 Å². The fourth-order valence-electron chi connectivity index (χ4n) is 1.90. The first-order chi connectivity index (χ1) is 7.15. The van der Waals surface area contributed by atoms with Crippen LogP contribution in [-0.2, 0) is 11.2 Å². The van der Waals surface area contributed by atoms with E-state index in [1.54, 1.807) is 0 Å². The van der Waals surface area contributed by atoms with Crippen LogP contribution in [0.25, 0.3) is 0 Å². The third kappa shape index (κ3) is 2.29. The zero-order valence-electron chi connectivity index (χ0n) is 9.04. The second-order valence-electron chi connectivity index (χ2n) is 4.02. The van der Waals surface area contributed by atoms with Crippen LogP contribution in [0.15, 0.2) is 18.2 Å². The number of carbonyl (C=O) groups excluding carboxylic acids is 1. The van der Waals surface area contributed by atoms with Crippen LogP contribution in [0.3, 0.4) is 0 Å². The Kier molecular flexibility index (Phi) is 2.62. The van der Waals surface area contributed by atoms with Gasteiger partial charge in [-0.3, -0.25) is 4.79 Å². The topological polar surface area (TPSA) is 38.3 Å². The van der Waals surface area contributed by atoms with Gasteiger partial charge in [-0.25, -0.2) is 0 Å². The number of rotatable bonds is 1. The molecule has 80 valence electrons. The molecule has 0 bridgehead atoms. The van der Waals surface area contributed by atoms with Gasteiger partial charge in [0, 0.05) is 6.92 Å². The quantitative estimate of drug-likeness (QED) is 0.753. The fraction of sp³-hybridized carbons (Fsp3) is 0.417. The Morgan fingerprint density at radius 2 is 2.33 bits per heavy atom. The van der Waals surface area contributed by atoms with Crippen molar-refractivity contribution in [2.24, 2.45) is 0 Å². The van der Waals surface area contributed by atoms with E-state index in [0.29, 0.717) is 6.61 Å². The lowest BCUT2D eigenvalue weighted by Gasteiger charge is -2.25. The zero-order valence-corrected chi connectivity index (χ0v) is 9.04. The Labute approximate surface area is 89.4 Å². The summed E-state index contributed by atoms with van der Waals surface area (Å²) in [6, 6.07) is 6.26. The van der Waals surface area contributed by atoms with Gasteiger partial charge in [-0.05, 0) is 25.0 Å². The molecule has 0 aliphatic carbocycles. The van der Waals surface area contributed by atoms with Crippen LogP contribution >= 0.6 is 0 Å². The van der Waals surface area contributed by atoms with E-state index in [2.05, 4.69) is 18.3 Å². The highest BCUT2D eigenvalue weighted by Gasteiger charge is 2.19. The summed E-state index contributed by atoms with van der Waals surface area (Å²) in [4.78, 5) is 10.9. The Balaban J connectivity index is 2.14. The molecule has 0 aromatic heterocycles. The van der Waals surface area contributed by atoms with Crippen LogP contribution < -0.4 is 10.1 Å². The van der Waals surface area contributed by atoms with E-state index in [0.717, 1.165) is 12.2 Å². The summed E-state index contributed by atoms with van der Waals surface area (Å²) < 4.78 is 5.58. The summed E-state index contributed by atoms with van der Waals surface area (Å²) in [5.41, 5.74) is 2.40. The molecule has 1 amide bonds. The van der Waals surface area contributed by atoms with Crippen LogP contribution in [-0.4, -0.2) is 18.6 Å². The first kappa shape index (κ1) is 10.0. The highest BCUT2D eigenvalue weighted by Crippen LogP contribution is 2.25. The average Bonchev–Trinajstić information content (AvgIpc) is 2.16. The lowest BCUT2D eigenvalue weighted by molar-refractivity contribution is -0.119. The smallest absolute Gasteiger partial charge is 0.217 e. The monoisotopic (exact) mass is 205 g/mol. The van der Waals surface area contributed by atoms with E-state index in [1.807, 2.05) is 12.1 Å². The SMILES string of the molecule is CC(=O)NC1COc2ccc(C)cc2C1. The normalized spacial score (nSPS) is 18.9. The van der Waals surface area contributed by atoms with Crippen LogP contribution in [0.5, 0.6) is 5.75 Å². The van der Waals surface area contributed by atoms with Crippen molar-refractivity contribution in [2.75, 3.05) is 6.61 Å². The number of amides is 1. The summed E-state index contributed by atoms with van der Waals surface area (Å²) in [6.45, 7) is 4.16. The number of hydrogen-bond donors (Lipinski definition) is 1. The number of ether oxygens (including phenoxy) is 1. The van der Waals surface area contributed by atoms with E-state index in [-0.39, 0.29) is 11.9 Å². The highest BCUT2D eigenvalue weighted by molar-refractivity contribution is 5.73. The number of hydrogen-bond acceptors (Lipinski definition) is 2. The Morgan fingerprint density at radius 1 is 1.53 bits per heavy atom. The van der Waals surface area contributed by atoms with Crippen molar-refractivity contribution in [3.63, 3.8) is 0 Å². The third-order valence-electron chi connectivity index (χ3n) is 2.53. The zero-order chi connectivity index (χ0) is 10.8. The summed E-state index contributed by atoms with van der Waals surface area (Å²) in [6.07, 6.45) is 0.858. The van der Waals surface area contributed by atoms with Crippen LogP contribution in [0.1, 0.15) is 18.1 Å². The van der Waals surface area contributed by atoms with Gasteiger partial charge < -0.3 is 10.1 Å². The minimum atomic E-state index is -0.000275. The molecule has 0 saturated heterocycles. The van der Waals surface area contributed by atoms with Gasteiger partial charge in [0.1, 0.15) is 12.4 Å². The molecular weight excluding hydrogens is 190 g/mol. The fourth-order valence-corrected chi connectivity index (χ4v) is 1.90. The van der Waals surface area contributed by atoms with Gasteiger partial charge in [0.15, 0.2) is 0 Å². The summed E-state index contributed by atoms with van der Waals surface area (Å²) in [5, 5.41) is 2.88. The van der Waals surface area contributed by atoms with E-state index in [9.17, 15) is 4.79 Å². The Morgan fingerprint density at radius 3 is 3.07 bits per heavy atom. The number of benzene rings is 1. The van der Waals surface area contributed by atoms with E-state index < -0.39 is 0 Å². The van der Waals surface area contributed by atoms with Crippen molar-refractivity contribution in [3.05, 3.63) is 29.3 Å². The van der Waals surface area contributed by atoms with Crippen molar-refractivity contribution in [1.82, 2.24) is 5.32 Å². The maximum absolute atomic E-state index is 10.9. The van der Waals surface area contributed by atoms with Crippen LogP contribution in [0.4, 0.5) is 0 Å². The minimum Gasteiger partial charge on any atom is -0.491 e. The largest absolute Gasteiger partial charge is 0.491 e. The molecule has 0 spiro atoms. The molecule has 1 aromatic carbocycles. The molecule has 0 radical (unpaired) electrons. The lowest BCUT2D eigenvalue weighted by Crippen LogP contribution is -2.41. The number of nitrogens with one attached hydrogen (secondary N) is 1. The molecule has 15 heavy (non-hydrogen) atoms. The van der Waals surface area contributed by atoms with Gasteiger partial charge in [0.05, 0.1) is 6.04 Å². The molecule has 0 fully saturated rings. The number of carbonyl (C=O) groups is 1. The molecule has 1 aromatic rings. The van der Waals surface area contributed by atoms with Gasteiger partial charge in [0.25, 0.3) is 0 Å². The van der Waals surface area contributed by atoms with Gasteiger partial charge in [-0.1, -0.05) is 17.7 Å². The third-order valence-corrected chi connectivity index (χ3v) is 2.53. The van der Waals surface area contributed by atoms with Crippen molar-refractivity contribution < 1.29 is 9.53 Å². The van der Waals surface area contributed by atoms with Crippen molar-refractivity contribution in [3.8, 4) is 5.75 Å². The van der Waals surface area contributed by atoms with Gasteiger partial charge in [-0.2, -0.15) is 0 Å². The Hall–Kier alpha value is -1.51. The molecule has 1 unspecified atom stereocenters. The molecule has 1 aliphatic heterocycles. The molecule has 1 heterocycles. The summed E-state index contributed by atoms with van der Waals surface area (Å²) in [5.74, 6) is 0.946. The standard InChI is InChI=1S/C12H15NO2/c1-8-3-4-12-10(5-8)6-11(7-15-12)13-9(2)14/h3-5,11H,6-7H2,1-2H3,(H,13,14). The second kappa shape index (κ2) is 3.93. The van der Waals surface area contributed by atoms with Gasteiger partial charge >= 0.3 is 0 Å². The molecule has 2 rings (SSSR count). The van der Waals surface area contributed by atoms with Gasteiger partial charge in [0.2, 0.25) is 5.91 Å². The maximum Gasteiger partial charge on any atom is 0.217 e. The first-order valence-corrected chi connectivity index (χ1v) is 5.14. The minimum absolute atomic E-state index is 0.000275. The van der Waals surface area contributed by atoms with Crippen LogP contribution in [0.2, 0.25) is 0 Å². The predicted molar refractivity (Wildman–Crippen MR) is 58.0 cm³/mol. The van der Waals surface area contributed by atoms with E-state index >= 15 is 0 Å². The lowest BCUT2D eigenvalue weighted by atomic mass is 10.0. The van der Waals surface area contributed by atoms with Gasteiger partial charge in [-0.15, -0.1) is 0 Å².